The molecule has 0 N–H and O–H groups in total. The topological polar surface area (TPSA) is 50.9 Å². The summed E-state index contributed by atoms with van der Waals surface area (Å²) < 4.78 is 1.60. The number of aromatic nitrogens is 2. The third-order valence-electron chi connectivity index (χ3n) is 1.92. The van der Waals surface area contributed by atoms with E-state index in [1.807, 2.05) is 0 Å². The Kier molecular flexibility index (Phi) is 1.55. The second-order valence-corrected chi connectivity index (χ2v) is 2.80. The van der Waals surface area contributed by atoms with E-state index < -0.39 is 0 Å². The molecule has 0 unspecified atom stereocenters. The van der Waals surface area contributed by atoms with Crippen LogP contribution in [0.1, 0.15) is 21.0 Å². The number of nitrogens with zero attached hydrogens (tertiary/aromatic N) is 2. The van der Waals surface area contributed by atoms with Crippen molar-refractivity contribution in [2.24, 2.45) is 7.05 Å². The fraction of sp³-hybridized carbons (Fsp3) is 0.111. The molecule has 0 fully saturated rings. The molecule has 0 radical (unpaired) electrons. The van der Waals surface area contributed by atoms with Crippen LogP contribution in [0.4, 0.5) is 0 Å². The predicted octanol–water partition coefficient (Wildman–Crippen LogP) is -0.159. The number of ketones is 2. The normalized spacial score (nSPS) is 14.5. The second-order valence-electron chi connectivity index (χ2n) is 2.80. The van der Waals surface area contributed by atoms with Gasteiger partial charge in [-0.25, -0.2) is 4.98 Å². The molecule has 0 bridgehead atoms. The van der Waals surface area contributed by atoms with Crippen LogP contribution in [0.15, 0.2) is 24.5 Å². The number of hydrogen-bond donors (Lipinski definition) is 0. The molecule has 1 heterocycles. The monoisotopic (exact) mass is 175 g/mol. The van der Waals surface area contributed by atoms with Gasteiger partial charge < -0.3 is 0 Å². The SMILES string of the molecule is C[n+]1ccnc2c1C(=O)C=CC2=O. The summed E-state index contributed by atoms with van der Waals surface area (Å²) in [4.78, 5) is 26.5. The summed E-state index contributed by atoms with van der Waals surface area (Å²) in [6.45, 7) is 0. The molecule has 1 aliphatic rings. The smallest absolute Gasteiger partial charge is 0.282 e. The molecule has 0 aromatic carbocycles. The van der Waals surface area contributed by atoms with E-state index in [0.717, 1.165) is 0 Å². The Balaban J connectivity index is 2.76. The van der Waals surface area contributed by atoms with E-state index in [1.165, 1.54) is 18.3 Å². The number of carbonyl (C=O) groups is 2. The van der Waals surface area contributed by atoms with Gasteiger partial charge in [0.2, 0.25) is 5.78 Å². The quantitative estimate of drug-likeness (QED) is 0.515. The van der Waals surface area contributed by atoms with Gasteiger partial charge in [-0.15, -0.1) is 0 Å². The van der Waals surface area contributed by atoms with Gasteiger partial charge in [0, 0.05) is 0 Å². The first kappa shape index (κ1) is 7.79. The predicted molar refractivity (Wildman–Crippen MR) is 43.2 cm³/mol. The van der Waals surface area contributed by atoms with E-state index in [0.29, 0.717) is 5.69 Å². The lowest BCUT2D eigenvalue weighted by atomic mass is 10.1. The van der Waals surface area contributed by atoms with Crippen LogP contribution < -0.4 is 4.57 Å². The van der Waals surface area contributed by atoms with Crippen LogP contribution in [0.2, 0.25) is 0 Å². The molecule has 0 atom stereocenters. The summed E-state index contributed by atoms with van der Waals surface area (Å²) in [7, 11) is 1.71. The van der Waals surface area contributed by atoms with Crippen molar-refractivity contribution in [2.75, 3.05) is 0 Å². The lowest BCUT2D eigenvalue weighted by Gasteiger charge is -2.03. The molecule has 0 saturated carbocycles. The Labute approximate surface area is 74.5 Å². The van der Waals surface area contributed by atoms with Crippen molar-refractivity contribution >= 4 is 11.6 Å². The minimum absolute atomic E-state index is 0.176. The van der Waals surface area contributed by atoms with Crippen LogP contribution in [-0.2, 0) is 7.05 Å². The van der Waals surface area contributed by atoms with Gasteiger partial charge in [-0.2, -0.15) is 4.57 Å². The number of fused-ring (bicyclic) bond motifs is 1. The van der Waals surface area contributed by atoms with Crippen LogP contribution in [0.3, 0.4) is 0 Å². The van der Waals surface area contributed by atoms with Crippen molar-refractivity contribution in [1.82, 2.24) is 4.98 Å². The first-order chi connectivity index (χ1) is 6.20. The van der Waals surface area contributed by atoms with Gasteiger partial charge in [-0.05, 0) is 12.2 Å². The fourth-order valence-corrected chi connectivity index (χ4v) is 1.29. The highest BCUT2D eigenvalue weighted by molar-refractivity contribution is 6.19. The van der Waals surface area contributed by atoms with Crippen LogP contribution >= 0.6 is 0 Å². The lowest BCUT2D eigenvalue weighted by molar-refractivity contribution is -0.673. The van der Waals surface area contributed by atoms with Crippen LogP contribution in [0.5, 0.6) is 0 Å². The Morgan fingerprint density at radius 2 is 1.92 bits per heavy atom. The first-order valence-corrected chi connectivity index (χ1v) is 3.81. The maximum atomic E-state index is 11.4. The van der Waals surface area contributed by atoms with Gasteiger partial charge in [-0.1, -0.05) is 0 Å². The van der Waals surface area contributed by atoms with E-state index in [9.17, 15) is 9.59 Å². The molecule has 2 rings (SSSR count). The molecular weight excluding hydrogens is 168 g/mol. The number of rotatable bonds is 0. The molecular formula is C9H7N2O2+. The minimum atomic E-state index is -0.217. The summed E-state index contributed by atoms with van der Waals surface area (Å²) >= 11 is 0. The van der Waals surface area contributed by atoms with Gasteiger partial charge in [0.15, 0.2) is 11.9 Å². The average Bonchev–Trinajstić information content (AvgIpc) is 2.12. The summed E-state index contributed by atoms with van der Waals surface area (Å²) in [6, 6.07) is 0. The van der Waals surface area contributed by atoms with Gasteiger partial charge >= 0.3 is 0 Å². The highest BCUT2D eigenvalue weighted by Gasteiger charge is 2.28. The number of carbonyl (C=O) groups excluding carboxylic acids is 2. The maximum absolute atomic E-state index is 11.4. The molecule has 0 amide bonds. The summed E-state index contributed by atoms with van der Waals surface area (Å²) in [5, 5.41) is 0. The molecule has 4 heteroatoms. The Morgan fingerprint density at radius 3 is 2.62 bits per heavy atom. The molecule has 0 aliphatic heterocycles. The van der Waals surface area contributed by atoms with Crippen molar-refractivity contribution in [3.8, 4) is 0 Å². The van der Waals surface area contributed by atoms with Crippen LogP contribution in [-0.4, -0.2) is 16.6 Å². The summed E-state index contributed by atoms with van der Waals surface area (Å²) in [5.41, 5.74) is 0.590. The van der Waals surface area contributed by atoms with Crippen molar-refractivity contribution < 1.29 is 14.2 Å². The second kappa shape index (κ2) is 2.58. The maximum Gasteiger partial charge on any atom is 0.282 e. The van der Waals surface area contributed by atoms with Gasteiger partial charge in [0.1, 0.15) is 7.05 Å². The zero-order valence-electron chi connectivity index (χ0n) is 7.02. The zero-order chi connectivity index (χ0) is 9.42. The number of allylic oxidation sites excluding steroid dienone is 2. The number of hydrogen-bond acceptors (Lipinski definition) is 3. The van der Waals surface area contributed by atoms with E-state index in [1.54, 1.807) is 17.8 Å². The Morgan fingerprint density at radius 1 is 1.23 bits per heavy atom. The summed E-state index contributed by atoms with van der Waals surface area (Å²) in [6.07, 6.45) is 5.66. The fourth-order valence-electron chi connectivity index (χ4n) is 1.29. The molecule has 1 aromatic rings. The van der Waals surface area contributed by atoms with Crippen LogP contribution in [0, 0.1) is 0 Å². The molecule has 4 nitrogen and oxygen atoms in total. The molecule has 1 aliphatic carbocycles. The van der Waals surface area contributed by atoms with E-state index >= 15 is 0 Å². The molecule has 64 valence electrons. The standard InChI is InChI=1S/C9H7N2O2/c1-11-5-4-10-8-6(12)2-3-7(13)9(8)11/h2-5H,1H3/q+1. The average molecular weight is 175 g/mol. The summed E-state index contributed by atoms with van der Waals surface area (Å²) in [5.74, 6) is -0.393. The van der Waals surface area contributed by atoms with Crippen molar-refractivity contribution in [1.29, 1.82) is 0 Å². The molecule has 13 heavy (non-hydrogen) atoms. The van der Waals surface area contributed by atoms with Gasteiger partial charge in [-0.3, -0.25) is 9.59 Å². The van der Waals surface area contributed by atoms with E-state index in [-0.39, 0.29) is 17.3 Å². The van der Waals surface area contributed by atoms with E-state index in [4.69, 9.17) is 0 Å². The zero-order valence-corrected chi connectivity index (χ0v) is 7.02. The minimum Gasteiger partial charge on any atom is -0.287 e. The van der Waals surface area contributed by atoms with Gasteiger partial charge in [0.05, 0.1) is 6.20 Å². The number of aryl methyl sites for hydroxylation is 1. The molecule has 1 aromatic heterocycles. The van der Waals surface area contributed by atoms with E-state index in [2.05, 4.69) is 4.98 Å². The van der Waals surface area contributed by atoms with Crippen molar-refractivity contribution in [3.63, 3.8) is 0 Å². The Bertz CT molecular complexity index is 435. The lowest BCUT2D eigenvalue weighted by Crippen LogP contribution is -2.39. The molecule has 0 spiro atoms. The van der Waals surface area contributed by atoms with Gasteiger partial charge in [0.25, 0.3) is 11.5 Å². The van der Waals surface area contributed by atoms with Crippen molar-refractivity contribution in [3.05, 3.63) is 35.9 Å². The molecule has 0 saturated heterocycles. The first-order valence-electron chi connectivity index (χ1n) is 3.81. The third-order valence-corrected chi connectivity index (χ3v) is 1.92. The van der Waals surface area contributed by atoms with Crippen LogP contribution in [0.25, 0.3) is 0 Å². The third kappa shape index (κ3) is 1.07. The highest BCUT2D eigenvalue weighted by atomic mass is 16.1. The largest absolute Gasteiger partial charge is 0.287 e. The van der Waals surface area contributed by atoms with Crippen molar-refractivity contribution in [2.45, 2.75) is 0 Å². The Hall–Kier alpha value is -1.84. The highest BCUT2D eigenvalue weighted by Crippen LogP contribution is 2.08.